The van der Waals surface area contributed by atoms with Crippen LogP contribution in [0.15, 0.2) is 54.6 Å². The van der Waals surface area contributed by atoms with Gasteiger partial charge in [-0.25, -0.2) is 0 Å². The van der Waals surface area contributed by atoms with Crippen molar-refractivity contribution in [1.29, 1.82) is 0 Å². The van der Waals surface area contributed by atoms with Crippen LogP contribution >= 0.6 is 11.6 Å². The summed E-state index contributed by atoms with van der Waals surface area (Å²) in [6, 6.07) is 16.0. The Labute approximate surface area is 174 Å². The quantitative estimate of drug-likeness (QED) is 0.710. The molecule has 1 aliphatic rings. The van der Waals surface area contributed by atoms with Crippen LogP contribution in [-0.2, 0) is 14.3 Å². The molecule has 1 atom stereocenters. The predicted molar refractivity (Wildman–Crippen MR) is 108 cm³/mol. The zero-order valence-electron chi connectivity index (χ0n) is 15.9. The molecule has 29 heavy (non-hydrogen) atoms. The minimum absolute atomic E-state index is 0.0656. The van der Waals surface area contributed by atoms with E-state index in [9.17, 15) is 9.59 Å². The molecule has 1 saturated heterocycles. The van der Waals surface area contributed by atoms with E-state index < -0.39 is 11.5 Å². The van der Waals surface area contributed by atoms with Gasteiger partial charge in [0.05, 0.1) is 19.6 Å². The first-order valence-electron chi connectivity index (χ1n) is 9.22. The molecule has 0 aromatic heterocycles. The molecule has 154 valence electrons. The van der Waals surface area contributed by atoms with Crippen molar-refractivity contribution in [2.45, 2.75) is 12.0 Å². The summed E-state index contributed by atoms with van der Waals surface area (Å²) >= 11 is 5.89. The average Bonchev–Trinajstić information content (AvgIpc) is 2.72. The maximum atomic E-state index is 12.6. The summed E-state index contributed by atoms with van der Waals surface area (Å²) in [7, 11) is 0. The molecule has 0 aliphatic carbocycles. The van der Waals surface area contributed by atoms with Gasteiger partial charge in [0.15, 0.2) is 6.61 Å². The van der Waals surface area contributed by atoms with E-state index in [0.29, 0.717) is 23.1 Å². The predicted octanol–water partition coefficient (Wildman–Crippen LogP) is 2.27. The van der Waals surface area contributed by atoms with Crippen molar-refractivity contribution in [3.8, 4) is 11.5 Å². The number of halogens is 1. The highest BCUT2D eigenvalue weighted by Gasteiger charge is 2.41. The molecule has 2 aromatic rings. The van der Waals surface area contributed by atoms with Crippen molar-refractivity contribution >= 4 is 23.4 Å². The third-order valence-corrected chi connectivity index (χ3v) is 4.77. The Balaban J connectivity index is 1.63. The fourth-order valence-corrected chi connectivity index (χ4v) is 3.25. The molecule has 2 N–H and O–H groups in total. The number of primary amides is 1. The highest BCUT2D eigenvalue weighted by atomic mass is 35.5. The number of morpholine rings is 1. The summed E-state index contributed by atoms with van der Waals surface area (Å²) in [5, 5.41) is 0.591. The van der Waals surface area contributed by atoms with E-state index in [0.717, 1.165) is 0 Å². The van der Waals surface area contributed by atoms with Crippen molar-refractivity contribution in [3.63, 3.8) is 0 Å². The van der Waals surface area contributed by atoms with Gasteiger partial charge in [-0.3, -0.25) is 9.59 Å². The second-order valence-corrected chi connectivity index (χ2v) is 7.27. The average molecular weight is 419 g/mol. The number of para-hydroxylation sites is 1. The van der Waals surface area contributed by atoms with Gasteiger partial charge in [0, 0.05) is 11.6 Å². The fraction of sp³-hybridized carbons (Fsp3) is 0.333. The number of hydrogen-bond donors (Lipinski definition) is 1. The van der Waals surface area contributed by atoms with E-state index in [2.05, 4.69) is 0 Å². The molecule has 0 spiro atoms. The highest BCUT2D eigenvalue weighted by Crippen LogP contribution is 2.25. The topological polar surface area (TPSA) is 91.1 Å². The minimum Gasteiger partial charge on any atom is -0.490 e. The van der Waals surface area contributed by atoms with E-state index in [1.807, 2.05) is 18.2 Å². The summed E-state index contributed by atoms with van der Waals surface area (Å²) in [5.74, 6) is 0.471. The zero-order valence-corrected chi connectivity index (χ0v) is 16.6. The van der Waals surface area contributed by atoms with Gasteiger partial charge in [0.25, 0.3) is 5.91 Å². The number of benzene rings is 2. The summed E-state index contributed by atoms with van der Waals surface area (Å²) in [6.07, 6.45) is -0.0656. The van der Waals surface area contributed by atoms with Crippen molar-refractivity contribution < 1.29 is 23.8 Å². The van der Waals surface area contributed by atoms with Gasteiger partial charge in [-0.1, -0.05) is 29.8 Å². The Morgan fingerprint density at radius 1 is 1.07 bits per heavy atom. The molecule has 0 saturated carbocycles. The maximum absolute atomic E-state index is 12.6. The molecule has 7 nitrogen and oxygen atoms in total. The summed E-state index contributed by atoms with van der Waals surface area (Å²) in [5.41, 5.74) is 4.41. The first kappa shape index (κ1) is 21.0. The number of carbonyl (C=O) groups excluding carboxylic acids is 2. The molecule has 1 heterocycles. The molecule has 2 aromatic carbocycles. The van der Waals surface area contributed by atoms with Crippen molar-refractivity contribution in [3.05, 3.63) is 59.6 Å². The zero-order chi connectivity index (χ0) is 20.7. The number of ether oxygens (including phenoxy) is 3. The number of hydrogen-bond acceptors (Lipinski definition) is 5. The van der Waals surface area contributed by atoms with Crippen LogP contribution in [0.1, 0.15) is 6.42 Å². The van der Waals surface area contributed by atoms with Gasteiger partial charge >= 0.3 is 0 Å². The van der Waals surface area contributed by atoms with Crippen molar-refractivity contribution in [2.75, 3.05) is 32.9 Å². The fourth-order valence-electron chi connectivity index (χ4n) is 3.12. The molecule has 3 rings (SSSR count). The van der Waals surface area contributed by atoms with Crippen LogP contribution in [0.4, 0.5) is 0 Å². The van der Waals surface area contributed by atoms with Gasteiger partial charge in [-0.05, 0) is 36.4 Å². The van der Waals surface area contributed by atoms with Gasteiger partial charge in [0.2, 0.25) is 5.91 Å². The van der Waals surface area contributed by atoms with Crippen LogP contribution in [0.25, 0.3) is 0 Å². The van der Waals surface area contributed by atoms with Crippen LogP contribution in [0.3, 0.4) is 0 Å². The molecule has 2 amide bonds. The number of amides is 2. The van der Waals surface area contributed by atoms with Crippen molar-refractivity contribution in [1.82, 2.24) is 4.90 Å². The van der Waals surface area contributed by atoms with E-state index in [1.54, 1.807) is 41.3 Å². The third kappa shape index (κ3) is 6.10. The Kier molecular flexibility index (Phi) is 6.95. The van der Waals surface area contributed by atoms with Crippen LogP contribution in [0.2, 0.25) is 5.02 Å². The Morgan fingerprint density at radius 3 is 2.45 bits per heavy atom. The maximum Gasteiger partial charge on any atom is 0.260 e. The summed E-state index contributed by atoms with van der Waals surface area (Å²) < 4.78 is 17.2. The normalized spacial score (nSPS) is 18.9. The monoisotopic (exact) mass is 418 g/mol. The largest absolute Gasteiger partial charge is 0.490 e. The van der Waals surface area contributed by atoms with E-state index >= 15 is 0 Å². The van der Waals surface area contributed by atoms with Crippen LogP contribution in [0, 0.1) is 0 Å². The Bertz CT molecular complexity index is 831. The molecule has 0 radical (unpaired) electrons. The lowest BCUT2D eigenvalue weighted by Gasteiger charge is -2.41. The Morgan fingerprint density at radius 2 is 1.76 bits per heavy atom. The third-order valence-electron chi connectivity index (χ3n) is 4.52. The molecule has 1 fully saturated rings. The van der Waals surface area contributed by atoms with E-state index in [1.165, 1.54) is 0 Å². The molecule has 1 aliphatic heterocycles. The highest BCUT2D eigenvalue weighted by molar-refractivity contribution is 6.30. The molecule has 8 heteroatoms. The first-order chi connectivity index (χ1) is 14.0. The molecule has 0 bridgehead atoms. The van der Waals surface area contributed by atoms with Crippen molar-refractivity contribution in [2.24, 2.45) is 5.73 Å². The van der Waals surface area contributed by atoms with Crippen LogP contribution < -0.4 is 15.2 Å². The van der Waals surface area contributed by atoms with Crippen LogP contribution in [0.5, 0.6) is 11.5 Å². The standard InChI is InChI=1S/C21H23ClN2O5/c22-16-6-8-18(9-7-16)28-15-21(12-19(23)25)14-24(10-11-29-21)20(26)13-27-17-4-2-1-3-5-17/h1-9H,10-15H2,(H2,23,25). The lowest BCUT2D eigenvalue weighted by molar-refractivity contribution is -0.163. The number of carbonyl (C=O) groups is 2. The number of nitrogens with two attached hydrogens (primary N) is 1. The Hall–Kier alpha value is -2.77. The van der Waals surface area contributed by atoms with Gasteiger partial charge in [-0.2, -0.15) is 0 Å². The van der Waals surface area contributed by atoms with E-state index in [-0.39, 0.29) is 38.7 Å². The SMILES string of the molecule is NC(=O)CC1(COc2ccc(Cl)cc2)CN(C(=O)COc2ccccc2)CCO1. The number of nitrogens with zero attached hydrogens (tertiary/aromatic N) is 1. The smallest absolute Gasteiger partial charge is 0.260 e. The second kappa shape index (κ2) is 9.62. The van der Waals surface area contributed by atoms with Gasteiger partial charge in [0.1, 0.15) is 23.7 Å². The van der Waals surface area contributed by atoms with E-state index in [4.69, 9.17) is 31.5 Å². The first-order valence-corrected chi connectivity index (χ1v) is 9.60. The summed E-state index contributed by atoms with van der Waals surface area (Å²) in [4.78, 5) is 25.9. The minimum atomic E-state index is -1.02. The lowest BCUT2D eigenvalue weighted by Crippen LogP contribution is -2.58. The lowest BCUT2D eigenvalue weighted by atomic mass is 9.97. The molecular weight excluding hydrogens is 396 g/mol. The molecule has 1 unspecified atom stereocenters. The number of rotatable bonds is 8. The summed E-state index contributed by atoms with van der Waals surface area (Å²) in [6.45, 7) is 0.822. The van der Waals surface area contributed by atoms with Crippen LogP contribution in [-0.4, -0.2) is 55.2 Å². The molecular formula is C21H23ClN2O5. The van der Waals surface area contributed by atoms with Gasteiger partial charge < -0.3 is 24.8 Å². The second-order valence-electron chi connectivity index (χ2n) is 6.83. The van der Waals surface area contributed by atoms with Gasteiger partial charge in [-0.15, -0.1) is 0 Å².